The lowest BCUT2D eigenvalue weighted by Gasteiger charge is -2.14. The number of benzene rings is 7. The summed E-state index contributed by atoms with van der Waals surface area (Å²) in [5, 5.41) is 2.56. The molecule has 9 rings (SSSR count). The molecule has 9 aromatic rings. The zero-order valence-corrected chi connectivity index (χ0v) is 28.2. The van der Waals surface area contributed by atoms with Crippen LogP contribution in [0.2, 0.25) is 0 Å². The first-order valence-corrected chi connectivity index (χ1v) is 17.4. The predicted molar refractivity (Wildman–Crippen MR) is 211 cm³/mol. The molecule has 0 aliphatic carbocycles. The van der Waals surface area contributed by atoms with E-state index in [9.17, 15) is 0 Å². The molecule has 2 heterocycles. The summed E-state index contributed by atoms with van der Waals surface area (Å²) in [6.45, 7) is 2.24. The van der Waals surface area contributed by atoms with Crippen LogP contribution in [0.4, 0.5) is 0 Å². The van der Waals surface area contributed by atoms with E-state index in [2.05, 4.69) is 127 Å². The highest BCUT2D eigenvalue weighted by Gasteiger charge is 2.15. The van der Waals surface area contributed by atoms with Crippen LogP contribution in [-0.2, 0) is 6.42 Å². The normalized spacial score (nSPS) is 11.3. The highest BCUT2D eigenvalue weighted by molar-refractivity contribution is 6.09. The Balaban J connectivity index is 1.02. The van der Waals surface area contributed by atoms with Crippen molar-refractivity contribution >= 4 is 21.8 Å². The molecule has 2 aromatic heterocycles. The lowest BCUT2D eigenvalue weighted by Crippen LogP contribution is -2.00. The fraction of sp³-hybridized carbons (Fsp3) is 0.0426. The van der Waals surface area contributed by atoms with Gasteiger partial charge in [-0.1, -0.05) is 159 Å². The van der Waals surface area contributed by atoms with Gasteiger partial charge in [0.15, 0.2) is 17.5 Å². The van der Waals surface area contributed by atoms with Gasteiger partial charge in [-0.05, 0) is 58.5 Å². The molecule has 0 amide bonds. The van der Waals surface area contributed by atoms with E-state index in [1.165, 1.54) is 44.2 Å². The number of nitrogens with zero attached hydrogens (tertiary/aromatic N) is 4. The van der Waals surface area contributed by atoms with E-state index >= 15 is 0 Å². The van der Waals surface area contributed by atoms with Crippen molar-refractivity contribution in [2.24, 2.45) is 0 Å². The highest BCUT2D eigenvalue weighted by Crippen LogP contribution is 2.35. The minimum absolute atomic E-state index is 0.654. The molecule has 0 aliphatic rings. The Morgan fingerprint density at radius 1 is 0.392 bits per heavy atom. The van der Waals surface area contributed by atoms with Crippen molar-refractivity contribution in [1.29, 1.82) is 0 Å². The average Bonchev–Trinajstić information content (AvgIpc) is 3.56. The Labute approximate surface area is 297 Å². The molecule has 4 heteroatoms. The SMILES string of the molecule is CCc1cc(-n2c3ccccc3c3ccccc32)ccc1-c1ccc(-c2ccc(-c3nc(-c4ccccc4)nc(-c4ccccc4)n3)cc2)cc1. The van der Waals surface area contributed by atoms with Gasteiger partial charge in [0.25, 0.3) is 0 Å². The molecule has 0 bridgehead atoms. The van der Waals surface area contributed by atoms with Gasteiger partial charge in [-0.3, -0.25) is 0 Å². The Morgan fingerprint density at radius 2 is 0.804 bits per heavy atom. The molecule has 0 atom stereocenters. The van der Waals surface area contributed by atoms with E-state index in [1.807, 2.05) is 60.7 Å². The van der Waals surface area contributed by atoms with Crippen molar-refractivity contribution in [2.75, 3.05) is 0 Å². The summed E-state index contributed by atoms with van der Waals surface area (Å²) in [6.07, 6.45) is 0.943. The molecular weight excluding hydrogens is 621 g/mol. The van der Waals surface area contributed by atoms with Crippen LogP contribution in [0, 0.1) is 0 Å². The molecule has 4 nitrogen and oxygen atoms in total. The Morgan fingerprint density at radius 3 is 1.29 bits per heavy atom. The summed E-state index contributed by atoms with van der Waals surface area (Å²) >= 11 is 0. The minimum atomic E-state index is 0.654. The van der Waals surface area contributed by atoms with Gasteiger partial charge in [-0.2, -0.15) is 0 Å². The summed E-state index contributed by atoms with van der Waals surface area (Å²) in [6, 6.07) is 61.8. The Kier molecular flexibility index (Phi) is 7.75. The topological polar surface area (TPSA) is 43.6 Å². The van der Waals surface area contributed by atoms with Crippen molar-refractivity contribution in [3.05, 3.63) is 181 Å². The third-order valence-electron chi connectivity index (χ3n) is 9.68. The maximum absolute atomic E-state index is 4.89. The number of aryl methyl sites for hydroxylation is 1. The molecule has 0 fully saturated rings. The largest absolute Gasteiger partial charge is 0.309 e. The summed E-state index contributed by atoms with van der Waals surface area (Å²) in [4.78, 5) is 14.6. The first kappa shape index (κ1) is 30.4. The van der Waals surface area contributed by atoms with Crippen LogP contribution in [0.25, 0.3) is 83.9 Å². The molecule has 0 aliphatic heterocycles. The maximum Gasteiger partial charge on any atom is 0.164 e. The van der Waals surface area contributed by atoms with E-state index in [0.717, 1.165) is 34.2 Å². The van der Waals surface area contributed by atoms with E-state index in [1.54, 1.807) is 0 Å². The van der Waals surface area contributed by atoms with Crippen LogP contribution >= 0.6 is 0 Å². The number of para-hydroxylation sites is 2. The zero-order valence-electron chi connectivity index (χ0n) is 28.2. The van der Waals surface area contributed by atoms with Gasteiger partial charge >= 0.3 is 0 Å². The number of fused-ring (bicyclic) bond motifs is 3. The summed E-state index contributed by atoms with van der Waals surface area (Å²) in [5.41, 5.74) is 12.6. The molecule has 51 heavy (non-hydrogen) atoms. The van der Waals surface area contributed by atoms with Gasteiger partial charge in [0.2, 0.25) is 0 Å². The third kappa shape index (κ3) is 5.67. The van der Waals surface area contributed by atoms with Crippen LogP contribution in [0.3, 0.4) is 0 Å². The average molecular weight is 655 g/mol. The van der Waals surface area contributed by atoms with Gasteiger partial charge < -0.3 is 4.57 Å². The maximum atomic E-state index is 4.89. The highest BCUT2D eigenvalue weighted by atomic mass is 15.0. The fourth-order valence-electron chi connectivity index (χ4n) is 7.09. The molecule has 0 unspecified atom stereocenters. The number of aromatic nitrogens is 4. The molecule has 0 spiro atoms. The molecule has 0 N–H and O–H groups in total. The Bertz CT molecular complexity index is 2530. The number of hydrogen-bond acceptors (Lipinski definition) is 3. The standard InChI is InChI=1S/C47H34N4/c1-2-32-31-39(51-43-19-11-9-17-41(43)42-18-10-12-20-44(42)51)29-30-40(32)35-25-21-33(22-26-35)34-23-27-38(28-24-34)47-49-45(36-13-5-3-6-14-36)48-46(50-47)37-15-7-4-8-16-37/h3-31H,2H2,1H3. The fourth-order valence-corrected chi connectivity index (χ4v) is 7.09. The second-order valence-corrected chi connectivity index (χ2v) is 12.8. The predicted octanol–water partition coefficient (Wildman–Crippen LogP) is 11.9. The van der Waals surface area contributed by atoms with Gasteiger partial charge in [0.05, 0.1) is 11.0 Å². The molecule has 7 aromatic carbocycles. The quantitative estimate of drug-likeness (QED) is 0.172. The van der Waals surface area contributed by atoms with Gasteiger partial charge in [-0.25, -0.2) is 15.0 Å². The van der Waals surface area contributed by atoms with E-state index < -0.39 is 0 Å². The first-order chi connectivity index (χ1) is 25.2. The molecule has 0 saturated carbocycles. The summed E-state index contributed by atoms with van der Waals surface area (Å²) in [5.74, 6) is 1.98. The van der Waals surface area contributed by atoms with Crippen molar-refractivity contribution in [1.82, 2.24) is 19.5 Å². The van der Waals surface area contributed by atoms with Gasteiger partial charge in [0.1, 0.15) is 0 Å². The summed E-state index contributed by atoms with van der Waals surface area (Å²) in [7, 11) is 0. The lowest BCUT2D eigenvalue weighted by molar-refractivity contribution is 1.07. The Hall–Kier alpha value is -6.65. The van der Waals surface area contributed by atoms with Crippen molar-refractivity contribution in [2.45, 2.75) is 13.3 Å². The number of rotatable bonds is 7. The van der Waals surface area contributed by atoms with Crippen LogP contribution in [0.15, 0.2) is 176 Å². The second-order valence-electron chi connectivity index (χ2n) is 12.8. The van der Waals surface area contributed by atoms with Gasteiger partial charge in [0, 0.05) is 33.2 Å². The van der Waals surface area contributed by atoms with Crippen molar-refractivity contribution in [3.63, 3.8) is 0 Å². The van der Waals surface area contributed by atoms with Crippen LogP contribution < -0.4 is 0 Å². The van der Waals surface area contributed by atoms with Crippen LogP contribution in [0.5, 0.6) is 0 Å². The number of hydrogen-bond donors (Lipinski definition) is 0. The van der Waals surface area contributed by atoms with Crippen molar-refractivity contribution in [3.8, 4) is 62.1 Å². The van der Waals surface area contributed by atoms with Crippen LogP contribution in [0.1, 0.15) is 12.5 Å². The van der Waals surface area contributed by atoms with E-state index in [-0.39, 0.29) is 0 Å². The van der Waals surface area contributed by atoms with Gasteiger partial charge in [-0.15, -0.1) is 0 Å². The van der Waals surface area contributed by atoms with E-state index in [0.29, 0.717) is 17.5 Å². The summed E-state index contributed by atoms with van der Waals surface area (Å²) < 4.78 is 2.39. The molecule has 0 saturated heterocycles. The minimum Gasteiger partial charge on any atom is -0.309 e. The lowest BCUT2D eigenvalue weighted by atomic mass is 9.95. The molecule has 0 radical (unpaired) electrons. The monoisotopic (exact) mass is 654 g/mol. The van der Waals surface area contributed by atoms with Crippen LogP contribution in [-0.4, -0.2) is 19.5 Å². The molecule has 242 valence electrons. The zero-order chi connectivity index (χ0) is 34.1. The van der Waals surface area contributed by atoms with E-state index in [4.69, 9.17) is 15.0 Å². The third-order valence-corrected chi connectivity index (χ3v) is 9.68. The second kappa shape index (κ2) is 13.0. The van der Waals surface area contributed by atoms with Crippen molar-refractivity contribution < 1.29 is 0 Å². The first-order valence-electron chi connectivity index (χ1n) is 17.4. The smallest absolute Gasteiger partial charge is 0.164 e. The molecular formula is C47H34N4.